The first-order valence-corrected chi connectivity index (χ1v) is 10.0. The maximum absolute atomic E-state index is 2.34. The standard InChI is InChI=1S/C28H30/c1-6-27(23(5)18-26-13-8-7-11-21(26)3)28-15-14-25(17-22(28)4)19-24-12-9-10-20(2)16-24/h6-18H,19H2,1-5H3/b23-18+,27-6-. The molecule has 0 nitrogen and oxygen atoms in total. The van der Waals surface area contributed by atoms with Crippen LogP contribution < -0.4 is 0 Å². The van der Waals surface area contributed by atoms with Crippen molar-refractivity contribution in [2.24, 2.45) is 0 Å². The summed E-state index contributed by atoms with van der Waals surface area (Å²) in [5, 5.41) is 0. The molecule has 0 heterocycles. The highest BCUT2D eigenvalue weighted by atomic mass is 14.1. The van der Waals surface area contributed by atoms with E-state index in [1.165, 1.54) is 50.1 Å². The largest absolute Gasteiger partial charge is 0.0795 e. The van der Waals surface area contributed by atoms with Crippen molar-refractivity contribution in [3.05, 3.63) is 117 Å². The SMILES string of the molecule is C/C=C(/C(C)=C/c1ccccc1C)c1ccc(Cc2cccc(C)c2)cc1C. The molecule has 0 bridgehead atoms. The molecule has 0 aliphatic heterocycles. The Kier molecular flexibility index (Phi) is 6.31. The molecule has 0 amide bonds. The second kappa shape index (κ2) is 8.89. The van der Waals surface area contributed by atoms with Crippen molar-refractivity contribution in [2.45, 2.75) is 41.0 Å². The fourth-order valence-electron chi connectivity index (χ4n) is 3.85. The van der Waals surface area contributed by atoms with E-state index in [-0.39, 0.29) is 0 Å². The van der Waals surface area contributed by atoms with E-state index in [0.29, 0.717) is 0 Å². The second-order valence-corrected chi connectivity index (χ2v) is 7.70. The molecular formula is C28H30. The van der Waals surface area contributed by atoms with Crippen LogP contribution in [0.5, 0.6) is 0 Å². The van der Waals surface area contributed by atoms with Gasteiger partial charge in [0.15, 0.2) is 0 Å². The third-order valence-corrected chi connectivity index (χ3v) is 5.35. The van der Waals surface area contributed by atoms with Crippen LogP contribution in [-0.4, -0.2) is 0 Å². The summed E-state index contributed by atoms with van der Waals surface area (Å²) >= 11 is 0. The Bertz CT molecular complexity index is 1030. The summed E-state index contributed by atoms with van der Waals surface area (Å²) < 4.78 is 0. The Labute approximate surface area is 170 Å². The van der Waals surface area contributed by atoms with Gasteiger partial charge < -0.3 is 0 Å². The van der Waals surface area contributed by atoms with E-state index in [0.717, 1.165) is 6.42 Å². The predicted molar refractivity (Wildman–Crippen MR) is 124 cm³/mol. The molecule has 0 N–H and O–H groups in total. The van der Waals surface area contributed by atoms with Gasteiger partial charge in [-0.1, -0.05) is 84.4 Å². The van der Waals surface area contributed by atoms with E-state index in [1.54, 1.807) is 0 Å². The first kappa shape index (κ1) is 19.9. The number of aryl methyl sites for hydroxylation is 3. The van der Waals surface area contributed by atoms with Crippen molar-refractivity contribution in [2.75, 3.05) is 0 Å². The van der Waals surface area contributed by atoms with Gasteiger partial charge in [-0.15, -0.1) is 0 Å². The summed E-state index contributed by atoms with van der Waals surface area (Å²) in [6.07, 6.45) is 5.50. The summed E-state index contributed by atoms with van der Waals surface area (Å²) in [5.41, 5.74) is 11.9. The van der Waals surface area contributed by atoms with Crippen LogP contribution in [0.3, 0.4) is 0 Å². The van der Waals surface area contributed by atoms with E-state index < -0.39 is 0 Å². The van der Waals surface area contributed by atoms with Gasteiger partial charge in [0.2, 0.25) is 0 Å². The van der Waals surface area contributed by atoms with Crippen LogP contribution in [-0.2, 0) is 6.42 Å². The predicted octanol–water partition coefficient (Wildman–Crippen LogP) is 7.71. The van der Waals surface area contributed by atoms with Crippen molar-refractivity contribution in [1.82, 2.24) is 0 Å². The molecule has 0 radical (unpaired) electrons. The van der Waals surface area contributed by atoms with Crippen LogP contribution in [0.25, 0.3) is 11.6 Å². The normalized spacial score (nSPS) is 12.3. The minimum Gasteiger partial charge on any atom is -0.0795 e. The Morgan fingerprint density at radius 3 is 2.21 bits per heavy atom. The summed E-state index contributed by atoms with van der Waals surface area (Å²) in [6, 6.07) is 24.2. The summed E-state index contributed by atoms with van der Waals surface area (Å²) in [5.74, 6) is 0. The maximum Gasteiger partial charge on any atom is -0.00256 e. The molecule has 0 atom stereocenters. The van der Waals surface area contributed by atoms with E-state index in [1.807, 2.05) is 0 Å². The molecule has 3 aromatic carbocycles. The molecule has 0 spiro atoms. The molecule has 142 valence electrons. The highest BCUT2D eigenvalue weighted by Crippen LogP contribution is 2.29. The number of hydrogen-bond donors (Lipinski definition) is 0. The number of allylic oxidation sites excluding steroid dienone is 3. The molecule has 0 saturated carbocycles. The molecule has 0 aliphatic carbocycles. The quantitative estimate of drug-likeness (QED) is 0.406. The third kappa shape index (κ3) is 4.70. The van der Waals surface area contributed by atoms with Crippen molar-refractivity contribution in [3.8, 4) is 0 Å². The van der Waals surface area contributed by atoms with Crippen LogP contribution in [0, 0.1) is 20.8 Å². The van der Waals surface area contributed by atoms with Gasteiger partial charge in [0, 0.05) is 0 Å². The van der Waals surface area contributed by atoms with Crippen molar-refractivity contribution >= 4 is 11.6 Å². The van der Waals surface area contributed by atoms with Gasteiger partial charge in [-0.2, -0.15) is 0 Å². The zero-order chi connectivity index (χ0) is 20.1. The highest BCUT2D eigenvalue weighted by Gasteiger charge is 2.09. The van der Waals surface area contributed by atoms with Crippen molar-refractivity contribution < 1.29 is 0 Å². The van der Waals surface area contributed by atoms with E-state index in [9.17, 15) is 0 Å². The zero-order valence-corrected chi connectivity index (χ0v) is 17.7. The van der Waals surface area contributed by atoms with E-state index in [2.05, 4.69) is 114 Å². The molecular weight excluding hydrogens is 336 g/mol. The third-order valence-electron chi connectivity index (χ3n) is 5.35. The lowest BCUT2D eigenvalue weighted by Crippen LogP contribution is -1.95. The van der Waals surface area contributed by atoms with Gasteiger partial charge in [0.1, 0.15) is 0 Å². The Balaban J connectivity index is 1.88. The summed E-state index contributed by atoms with van der Waals surface area (Å²) in [6.45, 7) is 10.9. The van der Waals surface area contributed by atoms with E-state index >= 15 is 0 Å². The summed E-state index contributed by atoms with van der Waals surface area (Å²) in [7, 11) is 0. The van der Waals surface area contributed by atoms with Crippen molar-refractivity contribution in [1.29, 1.82) is 0 Å². The molecule has 0 saturated heterocycles. The second-order valence-electron chi connectivity index (χ2n) is 7.70. The van der Waals surface area contributed by atoms with Crippen molar-refractivity contribution in [3.63, 3.8) is 0 Å². The molecule has 3 rings (SSSR count). The molecule has 0 unspecified atom stereocenters. The van der Waals surface area contributed by atoms with Crippen LogP contribution in [0.15, 0.2) is 78.4 Å². The molecule has 28 heavy (non-hydrogen) atoms. The average Bonchev–Trinajstić information content (AvgIpc) is 2.66. The Morgan fingerprint density at radius 1 is 0.786 bits per heavy atom. The van der Waals surface area contributed by atoms with Gasteiger partial charge >= 0.3 is 0 Å². The van der Waals surface area contributed by atoms with Gasteiger partial charge in [-0.3, -0.25) is 0 Å². The fourth-order valence-corrected chi connectivity index (χ4v) is 3.85. The first-order valence-electron chi connectivity index (χ1n) is 10.0. The number of benzene rings is 3. The minimum absolute atomic E-state index is 0.978. The fraction of sp³-hybridized carbons (Fsp3) is 0.214. The molecule has 3 aromatic rings. The maximum atomic E-state index is 2.34. The molecule has 0 aromatic heterocycles. The minimum atomic E-state index is 0.978. The van der Waals surface area contributed by atoms with Gasteiger partial charge in [0.05, 0.1) is 0 Å². The van der Waals surface area contributed by atoms with Gasteiger partial charge in [-0.05, 0) is 85.6 Å². The lowest BCUT2D eigenvalue weighted by molar-refractivity contribution is 1.17. The average molecular weight is 367 g/mol. The summed E-state index contributed by atoms with van der Waals surface area (Å²) in [4.78, 5) is 0. The lowest BCUT2D eigenvalue weighted by atomic mass is 9.91. The van der Waals surface area contributed by atoms with Crippen LogP contribution >= 0.6 is 0 Å². The van der Waals surface area contributed by atoms with E-state index in [4.69, 9.17) is 0 Å². The van der Waals surface area contributed by atoms with Gasteiger partial charge in [-0.25, -0.2) is 0 Å². The topological polar surface area (TPSA) is 0 Å². The smallest absolute Gasteiger partial charge is 0.00256 e. The van der Waals surface area contributed by atoms with Gasteiger partial charge in [0.25, 0.3) is 0 Å². The highest BCUT2D eigenvalue weighted by molar-refractivity contribution is 5.85. The van der Waals surface area contributed by atoms with Crippen LogP contribution in [0.2, 0.25) is 0 Å². The zero-order valence-electron chi connectivity index (χ0n) is 17.7. The van der Waals surface area contributed by atoms with Crippen LogP contribution in [0.4, 0.5) is 0 Å². The monoisotopic (exact) mass is 366 g/mol. The molecule has 0 aliphatic rings. The molecule has 0 fully saturated rings. The Morgan fingerprint density at radius 2 is 1.54 bits per heavy atom. The molecule has 0 heteroatoms. The van der Waals surface area contributed by atoms with Crippen LogP contribution in [0.1, 0.15) is 52.8 Å². The Hall–Kier alpha value is -2.86. The number of rotatable bonds is 5. The first-order chi connectivity index (χ1) is 13.5. The number of hydrogen-bond acceptors (Lipinski definition) is 0. The lowest BCUT2D eigenvalue weighted by Gasteiger charge is -2.14.